The van der Waals surface area contributed by atoms with E-state index in [0.717, 1.165) is 0 Å². The fourth-order valence-corrected chi connectivity index (χ4v) is 2.78. The van der Waals surface area contributed by atoms with Gasteiger partial charge in [-0.2, -0.15) is 0 Å². The van der Waals surface area contributed by atoms with E-state index in [0.29, 0.717) is 13.2 Å². The van der Waals surface area contributed by atoms with Crippen LogP contribution in [0.15, 0.2) is 12.1 Å². The van der Waals surface area contributed by atoms with Crippen molar-refractivity contribution in [3.63, 3.8) is 0 Å². The van der Waals surface area contributed by atoms with Crippen LogP contribution < -0.4 is 4.74 Å². The Labute approximate surface area is 149 Å². The van der Waals surface area contributed by atoms with Gasteiger partial charge in [0.1, 0.15) is 16.9 Å². The molecule has 24 heavy (non-hydrogen) atoms. The third-order valence-corrected chi connectivity index (χ3v) is 4.51. The van der Waals surface area contributed by atoms with Gasteiger partial charge in [-0.3, -0.25) is 14.4 Å². The number of halogens is 2. The highest BCUT2D eigenvalue weighted by Crippen LogP contribution is 2.34. The Kier molecular flexibility index (Phi) is 6.21. The molecule has 0 radical (unpaired) electrons. The molecule has 0 aromatic heterocycles. The topological polar surface area (TPSA) is 72.9 Å². The van der Waals surface area contributed by atoms with E-state index >= 15 is 0 Å². The summed E-state index contributed by atoms with van der Waals surface area (Å²) in [5, 5.41) is 0.179. The molecule has 1 fully saturated rings. The number of carbonyl (C=O) groups is 3. The van der Waals surface area contributed by atoms with Gasteiger partial charge in [-0.05, 0) is 26.0 Å². The van der Waals surface area contributed by atoms with Crippen LogP contribution in [0.5, 0.6) is 5.75 Å². The van der Waals surface area contributed by atoms with Crippen LogP contribution in [0.4, 0.5) is 0 Å². The molecule has 0 aliphatic carbocycles. The predicted octanol–water partition coefficient (Wildman–Crippen LogP) is 2.39. The van der Waals surface area contributed by atoms with E-state index < -0.39 is 6.10 Å². The average molecular weight is 374 g/mol. The van der Waals surface area contributed by atoms with E-state index in [9.17, 15) is 14.4 Å². The smallest absolute Gasteiger partial charge is 0.260 e. The number of hydrogen-bond acceptors (Lipinski definition) is 5. The summed E-state index contributed by atoms with van der Waals surface area (Å²) in [5.74, 6) is -0.403. The Morgan fingerprint density at radius 1 is 1.25 bits per heavy atom. The Balaban J connectivity index is 2.00. The second-order valence-electron chi connectivity index (χ2n) is 5.39. The van der Waals surface area contributed by atoms with E-state index in [1.54, 1.807) is 0 Å². The molecule has 0 N–H and O–H groups in total. The number of rotatable bonds is 5. The third-order valence-electron chi connectivity index (χ3n) is 3.65. The van der Waals surface area contributed by atoms with E-state index in [1.807, 2.05) is 0 Å². The number of ether oxygens (including phenoxy) is 2. The molecule has 1 aromatic rings. The molecule has 1 saturated heterocycles. The molecule has 0 saturated carbocycles. The van der Waals surface area contributed by atoms with Gasteiger partial charge in [0.15, 0.2) is 18.2 Å². The summed E-state index contributed by atoms with van der Waals surface area (Å²) in [6, 6.07) is 2.99. The van der Waals surface area contributed by atoms with Crippen molar-refractivity contribution in [2.75, 3.05) is 26.3 Å². The lowest BCUT2D eigenvalue weighted by molar-refractivity contribution is -0.146. The van der Waals surface area contributed by atoms with Crippen LogP contribution in [-0.2, 0) is 14.3 Å². The SMILES string of the molecule is CC(=O)c1ccc(OCC(=O)N2CCOC(C(C)=O)C2)c(Cl)c1Cl. The van der Waals surface area contributed by atoms with Gasteiger partial charge in [-0.25, -0.2) is 0 Å². The van der Waals surface area contributed by atoms with Crippen molar-refractivity contribution in [2.45, 2.75) is 20.0 Å². The normalized spacial score (nSPS) is 17.5. The molecular weight excluding hydrogens is 357 g/mol. The van der Waals surface area contributed by atoms with Crippen molar-refractivity contribution < 1.29 is 23.9 Å². The van der Waals surface area contributed by atoms with Crippen LogP contribution in [0.3, 0.4) is 0 Å². The zero-order valence-corrected chi connectivity index (χ0v) is 14.8. The molecule has 1 aliphatic heterocycles. The summed E-state index contributed by atoms with van der Waals surface area (Å²) in [6.07, 6.45) is -0.601. The number of nitrogens with zero attached hydrogens (tertiary/aromatic N) is 1. The molecule has 1 amide bonds. The van der Waals surface area contributed by atoms with E-state index in [2.05, 4.69) is 0 Å². The van der Waals surface area contributed by atoms with Gasteiger partial charge < -0.3 is 14.4 Å². The van der Waals surface area contributed by atoms with Crippen LogP contribution in [0.2, 0.25) is 10.0 Å². The Morgan fingerprint density at radius 2 is 1.96 bits per heavy atom. The number of hydrogen-bond donors (Lipinski definition) is 0. The molecule has 1 aromatic carbocycles. The molecule has 1 unspecified atom stereocenters. The maximum absolute atomic E-state index is 12.2. The molecule has 1 heterocycles. The second kappa shape index (κ2) is 7.96. The van der Waals surface area contributed by atoms with Crippen LogP contribution in [0, 0.1) is 0 Å². The van der Waals surface area contributed by atoms with Gasteiger partial charge in [0.25, 0.3) is 5.91 Å². The quantitative estimate of drug-likeness (QED) is 0.740. The maximum Gasteiger partial charge on any atom is 0.260 e. The number of ketones is 2. The summed E-state index contributed by atoms with van der Waals surface area (Å²) in [4.78, 5) is 36.5. The molecule has 130 valence electrons. The number of amides is 1. The minimum Gasteiger partial charge on any atom is -0.482 e. The van der Waals surface area contributed by atoms with Gasteiger partial charge in [0, 0.05) is 12.1 Å². The van der Waals surface area contributed by atoms with Crippen molar-refractivity contribution in [1.82, 2.24) is 4.90 Å². The van der Waals surface area contributed by atoms with Crippen molar-refractivity contribution >= 4 is 40.7 Å². The average Bonchev–Trinajstić information content (AvgIpc) is 2.55. The molecule has 8 heteroatoms. The highest BCUT2D eigenvalue weighted by atomic mass is 35.5. The number of morpholine rings is 1. The van der Waals surface area contributed by atoms with Crippen LogP contribution in [-0.4, -0.2) is 54.8 Å². The number of Topliss-reactive ketones (excluding diaryl/α,β-unsaturated/α-hetero) is 2. The predicted molar refractivity (Wildman–Crippen MR) is 89.0 cm³/mol. The van der Waals surface area contributed by atoms with Crippen molar-refractivity contribution in [3.8, 4) is 5.75 Å². The number of carbonyl (C=O) groups excluding carboxylic acids is 3. The number of benzene rings is 1. The minimum absolute atomic E-state index is 0.0840. The minimum atomic E-state index is -0.601. The first-order valence-corrected chi connectivity index (χ1v) is 8.08. The lowest BCUT2D eigenvalue weighted by atomic mass is 10.1. The summed E-state index contributed by atoms with van der Waals surface area (Å²) in [7, 11) is 0. The highest BCUT2D eigenvalue weighted by Gasteiger charge is 2.27. The van der Waals surface area contributed by atoms with E-state index in [4.69, 9.17) is 32.7 Å². The second-order valence-corrected chi connectivity index (χ2v) is 6.15. The first-order chi connectivity index (χ1) is 11.3. The lowest BCUT2D eigenvalue weighted by Gasteiger charge is -2.31. The summed E-state index contributed by atoms with van der Waals surface area (Å²) >= 11 is 12.1. The monoisotopic (exact) mass is 373 g/mol. The van der Waals surface area contributed by atoms with Gasteiger partial charge in [0.2, 0.25) is 0 Å². The van der Waals surface area contributed by atoms with Crippen LogP contribution in [0.1, 0.15) is 24.2 Å². The summed E-state index contributed by atoms with van der Waals surface area (Å²) < 4.78 is 10.7. The van der Waals surface area contributed by atoms with Gasteiger partial charge in [-0.15, -0.1) is 0 Å². The molecule has 6 nitrogen and oxygen atoms in total. The fraction of sp³-hybridized carbons (Fsp3) is 0.438. The first-order valence-electron chi connectivity index (χ1n) is 7.32. The molecule has 1 atom stereocenters. The Morgan fingerprint density at radius 3 is 2.58 bits per heavy atom. The lowest BCUT2D eigenvalue weighted by Crippen LogP contribution is -2.49. The Hall–Kier alpha value is -1.63. The summed E-state index contributed by atoms with van der Waals surface area (Å²) in [6.45, 7) is 3.45. The largest absolute Gasteiger partial charge is 0.482 e. The molecule has 0 bridgehead atoms. The maximum atomic E-state index is 12.2. The van der Waals surface area contributed by atoms with Crippen molar-refractivity contribution in [3.05, 3.63) is 27.7 Å². The van der Waals surface area contributed by atoms with Crippen LogP contribution >= 0.6 is 23.2 Å². The molecular formula is C16H17Cl2NO5. The van der Waals surface area contributed by atoms with Gasteiger partial charge >= 0.3 is 0 Å². The highest BCUT2D eigenvalue weighted by molar-refractivity contribution is 6.44. The van der Waals surface area contributed by atoms with Crippen molar-refractivity contribution in [2.24, 2.45) is 0 Å². The third kappa shape index (κ3) is 4.26. The molecule has 1 aliphatic rings. The molecule has 0 spiro atoms. The fourth-order valence-electron chi connectivity index (χ4n) is 2.27. The van der Waals surface area contributed by atoms with Crippen LogP contribution in [0.25, 0.3) is 0 Å². The zero-order chi connectivity index (χ0) is 17.9. The molecule has 2 rings (SSSR count). The van der Waals surface area contributed by atoms with Crippen molar-refractivity contribution in [1.29, 1.82) is 0 Å². The van der Waals surface area contributed by atoms with Gasteiger partial charge in [0.05, 0.1) is 18.2 Å². The van der Waals surface area contributed by atoms with E-state index in [-0.39, 0.29) is 52.0 Å². The zero-order valence-electron chi connectivity index (χ0n) is 13.3. The standard InChI is InChI=1S/C16H17Cl2NO5/c1-9(20)11-3-4-12(16(18)15(11)17)24-8-14(22)19-5-6-23-13(7-19)10(2)21/h3-4,13H,5-8H2,1-2H3. The van der Waals surface area contributed by atoms with E-state index in [1.165, 1.54) is 30.9 Å². The first kappa shape index (κ1) is 18.7. The Bertz CT molecular complexity index is 677. The summed E-state index contributed by atoms with van der Waals surface area (Å²) in [5.41, 5.74) is 0.290. The van der Waals surface area contributed by atoms with Gasteiger partial charge in [-0.1, -0.05) is 23.2 Å².